The Balaban J connectivity index is 2.50. The van der Waals surface area contributed by atoms with E-state index in [2.05, 4.69) is 10.1 Å². The molecule has 0 unspecified atom stereocenters. The molecule has 0 atom stereocenters. The molecule has 0 amide bonds. The summed E-state index contributed by atoms with van der Waals surface area (Å²) in [5, 5.41) is 13.1. The van der Waals surface area contributed by atoms with Gasteiger partial charge in [0.2, 0.25) is 0 Å². The molecule has 0 spiro atoms. The first-order valence-corrected chi connectivity index (χ1v) is 5.71. The molecule has 2 aromatic heterocycles. The molecule has 0 bridgehead atoms. The molecule has 19 heavy (non-hydrogen) atoms. The smallest absolute Gasteiger partial charge is 0.266 e. The second kappa shape index (κ2) is 5.27. The van der Waals surface area contributed by atoms with Crippen LogP contribution in [-0.2, 0) is 0 Å². The Morgan fingerprint density at radius 2 is 2.26 bits per heavy atom. The van der Waals surface area contributed by atoms with Crippen molar-refractivity contribution in [1.82, 2.24) is 9.66 Å². The molecule has 0 aliphatic rings. The van der Waals surface area contributed by atoms with E-state index in [0.29, 0.717) is 11.3 Å². The van der Waals surface area contributed by atoms with E-state index in [9.17, 15) is 4.79 Å². The third-order valence-corrected chi connectivity index (χ3v) is 2.68. The van der Waals surface area contributed by atoms with Crippen LogP contribution < -0.4 is 5.56 Å². The zero-order chi connectivity index (χ0) is 13.8. The van der Waals surface area contributed by atoms with Crippen molar-refractivity contribution in [3.8, 4) is 6.07 Å². The van der Waals surface area contributed by atoms with Gasteiger partial charge in [-0.15, -0.1) is 0 Å². The van der Waals surface area contributed by atoms with Crippen LogP contribution in [0.4, 0.5) is 0 Å². The van der Waals surface area contributed by atoms with E-state index in [1.165, 1.54) is 10.9 Å². The van der Waals surface area contributed by atoms with Crippen LogP contribution in [0.15, 0.2) is 40.5 Å². The summed E-state index contributed by atoms with van der Waals surface area (Å²) in [6.07, 6.45) is 4.84. The maximum Gasteiger partial charge on any atom is 0.289 e. The fourth-order valence-corrected chi connectivity index (χ4v) is 1.74. The summed E-state index contributed by atoms with van der Waals surface area (Å²) in [5.41, 5.74) is 1.85. The molecule has 2 heterocycles. The maximum absolute atomic E-state index is 12.1. The van der Waals surface area contributed by atoms with Gasteiger partial charge in [0.25, 0.3) is 5.56 Å². The minimum Gasteiger partial charge on any atom is -0.266 e. The van der Waals surface area contributed by atoms with Crippen LogP contribution >= 0.6 is 0 Å². The highest BCUT2D eigenvalue weighted by Gasteiger charge is 2.08. The second-order valence-electron chi connectivity index (χ2n) is 4.10. The van der Waals surface area contributed by atoms with Crippen molar-refractivity contribution >= 4 is 6.21 Å². The number of aromatic nitrogens is 2. The minimum absolute atomic E-state index is 0.119. The number of pyridine rings is 2. The van der Waals surface area contributed by atoms with Gasteiger partial charge in [-0.05, 0) is 31.5 Å². The SMILES string of the molecule is Cc1cc(C)n(/N=C/c2cccnc2)c(=O)c1C#N. The zero-order valence-corrected chi connectivity index (χ0v) is 10.7. The molecule has 2 rings (SSSR count). The lowest BCUT2D eigenvalue weighted by Crippen LogP contribution is -2.22. The second-order valence-corrected chi connectivity index (χ2v) is 4.10. The van der Waals surface area contributed by atoms with Crippen LogP contribution in [0.1, 0.15) is 22.4 Å². The number of aryl methyl sites for hydroxylation is 2. The van der Waals surface area contributed by atoms with E-state index in [1.54, 1.807) is 38.4 Å². The van der Waals surface area contributed by atoms with Gasteiger partial charge in [-0.1, -0.05) is 6.07 Å². The molecular formula is C14H12N4O. The number of rotatable bonds is 2. The van der Waals surface area contributed by atoms with E-state index in [-0.39, 0.29) is 5.56 Å². The molecule has 94 valence electrons. The molecule has 0 N–H and O–H groups in total. The van der Waals surface area contributed by atoms with Gasteiger partial charge >= 0.3 is 0 Å². The third kappa shape index (κ3) is 2.58. The van der Waals surface area contributed by atoms with Crippen LogP contribution in [0.2, 0.25) is 0 Å². The number of nitrogens with zero attached hydrogens (tertiary/aromatic N) is 4. The first-order chi connectivity index (χ1) is 9.13. The van der Waals surface area contributed by atoms with Crippen molar-refractivity contribution in [2.24, 2.45) is 5.10 Å². The van der Waals surface area contributed by atoms with Gasteiger partial charge < -0.3 is 0 Å². The molecule has 0 aliphatic carbocycles. The van der Waals surface area contributed by atoms with Crippen LogP contribution in [0.5, 0.6) is 0 Å². The van der Waals surface area contributed by atoms with Gasteiger partial charge in [-0.2, -0.15) is 10.4 Å². The lowest BCUT2D eigenvalue weighted by Gasteiger charge is -2.05. The Morgan fingerprint density at radius 3 is 2.89 bits per heavy atom. The highest BCUT2D eigenvalue weighted by Crippen LogP contribution is 2.05. The maximum atomic E-state index is 12.1. The lowest BCUT2D eigenvalue weighted by molar-refractivity contribution is 0.786. The first-order valence-electron chi connectivity index (χ1n) is 5.71. The summed E-state index contributed by atoms with van der Waals surface area (Å²) in [6, 6.07) is 7.29. The highest BCUT2D eigenvalue weighted by molar-refractivity contribution is 5.78. The number of nitriles is 1. The Hall–Kier alpha value is -2.74. The Morgan fingerprint density at radius 1 is 1.47 bits per heavy atom. The molecule has 2 aromatic rings. The van der Waals surface area contributed by atoms with Gasteiger partial charge in [0.1, 0.15) is 11.6 Å². The van der Waals surface area contributed by atoms with Gasteiger partial charge in [0.05, 0.1) is 6.21 Å². The summed E-state index contributed by atoms with van der Waals surface area (Å²) in [4.78, 5) is 16.0. The monoisotopic (exact) mass is 252 g/mol. The van der Waals surface area contributed by atoms with Gasteiger partial charge in [-0.25, -0.2) is 4.68 Å². The number of hydrogen-bond donors (Lipinski definition) is 0. The van der Waals surface area contributed by atoms with Crippen LogP contribution in [0.25, 0.3) is 0 Å². The van der Waals surface area contributed by atoms with Crippen molar-refractivity contribution in [1.29, 1.82) is 5.26 Å². The summed E-state index contributed by atoms with van der Waals surface area (Å²) in [6.45, 7) is 3.51. The zero-order valence-electron chi connectivity index (χ0n) is 10.7. The van der Waals surface area contributed by atoms with Crippen LogP contribution in [0.3, 0.4) is 0 Å². The first kappa shape index (κ1) is 12.7. The average molecular weight is 252 g/mol. The van der Waals surface area contributed by atoms with Crippen molar-refractivity contribution in [3.05, 3.63) is 63.3 Å². The molecule has 0 aromatic carbocycles. The van der Waals surface area contributed by atoms with Gasteiger partial charge in [0, 0.05) is 23.7 Å². The molecule has 5 heteroatoms. The van der Waals surface area contributed by atoms with Crippen molar-refractivity contribution in [3.63, 3.8) is 0 Å². The normalized spacial score (nSPS) is 10.6. The minimum atomic E-state index is -0.403. The predicted octanol–water partition coefficient (Wildman–Crippen LogP) is 1.61. The molecule has 0 fully saturated rings. The third-order valence-electron chi connectivity index (χ3n) is 2.68. The van der Waals surface area contributed by atoms with E-state index in [4.69, 9.17) is 5.26 Å². The summed E-state index contributed by atoms with van der Waals surface area (Å²) < 4.78 is 1.22. The van der Waals surface area contributed by atoms with Crippen LogP contribution in [0, 0.1) is 25.2 Å². The van der Waals surface area contributed by atoms with Gasteiger partial charge in [0.15, 0.2) is 0 Å². The molecular weight excluding hydrogens is 240 g/mol. The molecule has 0 aliphatic heterocycles. The van der Waals surface area contributed by atoms with Crippen molar-refractivity contribution in [2.45, 2.75) is 13.8 Å². The Kier molecular flexibility index (Phi) is 3.53. The van der Waals surface area contributed by atoms with E-state index < -0.39 is 5.56 Å². The van der Waals surface area contributed by atoms with Crippen LogP contribution in [-0.4, -0.2) is 15.9 Å². The van der Waals surface area contributed by atoms with Gasteiger partial charge in [-0.3, -0.25) is 9.78 Å². The summed E-state index contributed by atoms with van der Waals surface area (Å²) >= 11 is 0. The van der Waals surface area contributed by atoms with E-state index >= 15 is 0 Å². The molecule has 0 saturated carbocycles. The van der Waals surface area contributed by atoms with Crippen molar-refractivity contribution < 1.29 is 0 Å². The number of hydrogen-bond acceptors (Lipinski definition) is 4. The highest BCUT2D eigenvalue weighted by atomic mass is 16.1. The fourth-order valence-electron chi connectivity index (χ4n) is 1.74. The van der Waals surface area contributed by atoms with E-state index in [0.717, 1.165) is 5.56 Å². The average Bonchev–Trinajstić information content (AvgIpc) is 2.39. The summed E-state index contributed by atoms with van der Waals surface area (Å²) in [5.74, 6) is 0. The van der Waals surface area contributed by atoms with E-state index in [1.807, 2.05) is 12.1 Å². The topological polar surface area (TPSA) is 71.0 Å². The fraction of sp³-hybridized carbons (Fsp3) is 0.143. The Labute approximate surface area is 110 Å². The standard InChI is InChI=1S/C14H12N4O/c1-10-6-11(2)18(14(19)13(10)7-15)17-9-12-4-3-5-16-8-12/h3-6,8-9H,1-2H3/b17-9+. The van der Waals surface area contributed by atoms with Crippen molar-refractivity contribution in [2.75, 3.05) is 0 Å². The largest absolute Gasteiger partial charge is 0.289 e. The predicted molar refractivity (Wildman–Crippen MR) is 72.1 cm³/mol. The quantitative estimate of drug-likeness (QED) is 0.762. The Bertz CT molecular complexity index is 724. The molecule has 0 saturated heterocycles. The molecule has 5 nitrogen and oxygen atoms in total. The summed E-state index contributed by atoms with van der Waals surface area (Å²) in [7, 11) is 0. The lowest BCUT2D eigenvalue weighted by atomic mass is 10.1. The molecule has 0 radical (unpaired) electrons.